The highest BCUT2D eigenvalue weighted by Gasteiger charge is 2.29. The SMILES string of the molecule is C=C/C=C\C(=C/C)C(O)P(O)(=S)OCC(N)C(=O)O. The number of aliphatic carboxylic acids is 1. The van der Waals surface area contributed by atoms with E-state index in [9.17, 15) is 14.8 Å². The fraction of sp³-hybridized carbons (Fsp3) is 0.364. The van der Waals surface area contributed by atoms with E-state index in [1.165, 1.54) is 12.2 Å². The van der Waals surface area contributed by atoms with Gasteiger partial charge in [0.2, 0.25) is 6.49 Å². The average Bonchev–Trinajstić information content (AvgIpc) is 2.36. The van der Waals surface area contributed by atoms with Gasteiger partial charge in [-0.2, -0.15) is 0 Å². The quantitative estimate of drug-likeness (QED) is 0.386. The van der Waals surface area contributed by atoms with Gasteiger partial charge in [0.15, 0.2) is 5.85 Å². The van der Waals surface area contributed by atoms with Crippen LogP contribution in [0.1, 0.15) is 6.92 Å². The summed E-state index contributed by atoms with van der Waals surface area (Å²) in [5, 5.41) is 18.5. The van der Waals surface area contributed by atoms with Gasteiger partial charge in [0.05, 0.1) is 6.61 Å². The summed E-state index contributed by atoms with van der Waals surface area (Å²) in [6.45, 7) is 1.07. The maximum absolute atomic E-state index is 10.5. The van der Waals surface area contributed by atoms with E-state index in [4.69, 9.17) is 27.2 Å². The Labute approximate surface area is 117 Å². The van der Waals surface area contributed by atoms with Crippen molar-refractivity contribution in [3.63, 3.8) is 0 Å². The van der Waals surface area contributed by atoms with Gasteiger partial charge in [-0.25, -0.2) is 0 Å². The van der Waals surface area contributed by atoms with Crippen molar-refractivity contribution in [2.45, 2.75) is 18.8 Å². The molecule has 3 unspecified atom stereocenters. The predicted molar refractivity (Wildman–Crippen MR) is 77.2 cm³/mol. The first-order chi connectivity index (χ1) is 8.76. The lowest BCUT2D eigenvalue weighted by Gasteiger charge is -2.23. The molecule has 0 rings (SSSR count). The normalized spacial score (nSPS) is 18.8. The molecule has 0 saturated carbocycles. The minimum Gasteiger partial charge on any atom is -0.480 e. The highest BCUT2D eigenvalue weighted by Crippen LogP contribution is 2.49. The fourth-order valence-electron chi connectivity index (χ4n) is 1.03. The molecule has 0 aliphatic heterocycles. The van der Waals surface area contributed by atoms with Crippen LogP contribution in [0.25, 0.3) is 0 Å². The van der Waals surface area contributed by atoms with E-state index in [1.54, 1.807) is 19.1 Å². The van der Waals surface area contributed by atoms with E-state index in [0.717, 1.165) is 0 Å². The zero-order valence-electron chi connectivity index (χ0n) is 10.5. The molecule has 6 nitrogen and oxygen atoms in total. The Morgan fingerprint density at radius 2 is 2.21 bits per heavy atom. The number of allylic oxidation sites excluding steroid dienone is 3. The van der Waals surface area contributed by atoms with Gasteiger partial charge in [-0.1, -0.05) is 30.9 Å². The van der Waals surface area contributed by atoms with Gasteiger partial charge in [0.1, 0.15) is 6.04 Å². The Balaban J connectivity index is 4.80. The Morgan fingerprint density at radius 3 is 2.63 bits per heavy atom. The lowest BCUT2D eigenvalue weighted by molar-refractivity contribution is -0.139. The molecule has 0 aromatic rings. The number of carboxylic acid groups (broad SMARTS) is 1. The molecule has 3 atom stereocenters. The van der Waals surface area contributed by atoms with Crippen LogP contribution in [0.4, 0.5) is 0 Å². The number of rotatable bonds is 8. The molecule has 0 saturated heterocycles. The van der Waals surface area contributed by atoms with Crippen LogP contribution in [0.2, 0.25) is 0 Å². The summed E-state index contributed by atoms with van der Waals surface area (Å²) in [7, 11) is 0. The van der Waals surface area contributed by atoms with Crippen molar-refractivity contribution >= 4 is 24.3 Å². The second-order valence-electron chi connectivity index (χ2n) is 3.56. The summed E-state index contributed by atoms with van der Waals surface area (Å²) in [5.74, 6) is -2.69. The van der Waals surface area contributed by atoms with E-state index < -0.39 is 31.0 Å². The van der Waals surface area contributed by atoms with Crippen LogP contribution in [0.5, 0.6) is 0 Å². The Bertz CT molecular complexity index is 435. The van der Waals surface area contributed by atoms with E-state index in [2.05, 4.69) is 6.58 Å². The van der Waals surface area contributed by atoms with Gasteiger partial charge in [-0.05, 0) is 24.3 Å². The summed E-state index contributed by atoms with van der Waals surface area (Å²) < 4.78 is 4.90. The third-order valence-electron chi connectivity index (χ3n) is 2.12. The minimum atomic E-state index is -3.60. The first-order valence-corrected chi connectivity index (χ1v) is 8.09. The summed E-state index contributed by atoms with van der Waals surface area (Å²) in [6.07, 6.45) is 6.15. The number of nitrogens with two attached hydrogens (primary N) is 1. The molecule has 0 bridgehead atoms. The molecule has 0 radical (unpaired) electrons. The molecular weight excluding hydrogens is 289 g/mol. The summed E-state index contributed by atoms with van der Waals surface area (Å²) in [4.78, 5) is 20.4. The molecule has 0 amide bonds. The number of aliphatic hydroxyl groups is 1. The summed E-state index contributed by atoms with van der Waals surface area (Å²) >= 11 is 4.81. The number of carbonyl (C=O) groups is 1. The highest BCUT2D eigenvalue weighted by molar-refractivity contribution is 8.09. The predicted octanol–water partition coefficient (Wildman–Crippen LogP) is 0.724. The van der Waals surface area contributed by atoms with Gasteiger partial charge in [-0.15, -0.1) is 0 Å². The van der Waals surface area contributed by atoms with E-state index in [0.29, 0.717) is 5.57 Å². The molecule has 5 N–H and O–H groups in total. The van der Waals surface area contributed by atoms with Gasteiger partial charge >= 0.3 is 5.97 Å². The van der Waals surface area contributed by atoms with Crippen molar-refractivity contribution in [3.8, 4) is 0 Å². The van der Waals surface area contributed by atoms with Crippen LogP contribution < -0.4 is 5.73 Å². The molecule has 19 heavy (non-hydrogen) atoms. The van der Waals surface area contributed by atoms with Crippen LogP contribution in [-0.4, -0.2) is 39.6 Å². The Kier molecular flexibility index (Phi) is 8.01. The molecule has 0 aliphatic rings. The van der Waals surface area contributed by atoms with Gasteiger partial charge in [-0.3, -0.25) is 4.79 Å². The topological polar surface area (TPSA) is 113 Å². The molecule has 108 valence electrons. The van der Waals surface area contributed by atoms with Crippen molar-refractivity contribution in [1.82, 2.24) is 0 Å². The van der Waals surface area contributed by atoms with Gasteiger partial charge in [0, 0.05) is 0 Å². The first kappa shape index (κ1) is 18.2. The second kappa shape index (κ2) is 8.37. The van der Waals surface area contributed by atoms with Gasteiger partial charge in [0.25, 0.3) is 0 Å². The number of aliphatic hydroxyl groups excluding tert-OH is 1. The minimum absolute atomic E-state index is 0.356. The number of hydrogen-bond donors (Lipinski definition) is 4. The van der Waals surface area contributed by atoms with Crippen LogP contribution in [-0.2, 0) is 21.1 Å². The fourth-order valence-corrected chi connectivity index (χ4v) is 2.70. The van der Waals surface area contributed by atoms with Gasteiger partial charge < -0.3 is 25.4 Å². The van der Waals surface area contributed by atoms with E-state index in [-0.39, 0.29) is 0 Å². The van der Waals surface area contributed by atoms with Crippen molar-refractivity contribution in [3.05, 3.63) is 36.5 Å². The molecule has 0 spiro atoms. The standard InChI is InChI=1S/C11H18NO5PS/c1-3-5-6-8(4-2)11(15)18(16,19)17-7-9(12)10(13)14/h3-6,9,11,15H,1,7,12H2,2H3,(H,13,14)(H,16,19)/b6-5-,8-4+. The molecule has 0 aromatic carbocycles. The number of hydrogen-bond acceptors (Lipinski definition) is 5. The highest BCUT2D eigenvalue weighted by atomic mass is 32.5. The largest absolute Gasteiger partial charge is 0.480 e. The van der Waals surface area contributed by atoms with Crippen LogP contribution in [0, 0.1) is 0 Å². The van der Waals surface area contributed by atoms with Crippen LogP contribution in [0.3, 0.4) is 0 Å². The lowest BCUT2D eigenvalue weighted by Crippen LogP contribution is -2.35. The molecular formula is C11H18NO5PS. The monoisotopic (exact) mass is 307 g/mol. The Morgan fingerprint density at radius 1 is 1.63 bits per heavy atom. The third kappa shape index (κ3) is 6.24. The third-order valence-corrected chi connectivity index (χ3v) is 4.47. The zero-order valence-corrected chi connectivity index (χ0v) is 12.2. The lowest BCUT2D eigenvalue weighted by atomic mass is 10.2. The first-order valence-electron chi connectivity index (χ1n) is 5.35. The van der Waals surface area contributed by atoms with Crippen LogP contribution in [0.15, 0.2) is 36.5 Å². The summed E-state index contributed by atoms with van der Waals surface area (Å²) in [5.41, 5.74) is 5.58. The van der Waals surface area contributed by atoms with Crippen LogP contribution >= 0.6 is 6.49 Å². The second-order valence-corrected chi connectivity index (χ2v) is 7.01. The molecule has 0 heterocycles. The van der Waals surface area contributed by atoms with Crippen molar-refractivity contribution in [2.75, 3.05) is 6.61 Å². The van der Waals surface area contributed by atoms with Crippen molar-refractivity contribution < 1.29 is 24.4 Å². The molecule has 8 heteroatoms. The zero-order chi connectivity index (χ0) is 15.1. The molecule has 0 aliphatic carbocycles. The van der Waals surface area contributed by atoms with Crippen molar-refractivity contribution in [2.24, 2.45) is 5.73 Å². The summed E-state index contributed by atoms with van der Waals surface area (Å²) in [6, 6.07) is -1.31. The van der Waals surface area contributed by atoms with E-state index >= 15 is 0 Å². The molecule has 0 fully saturated rings. The smallest absolute Gasteiger partial charge is 0.322 e. The van der Waals surface area contributed by atoms with Crippen molar-refractivity contribution in [1.29, 1.82) is 0 Å². The maximum atomic E-state index is 10.5. The number of carboxylic acids is 1. The van der Waals surface area contributed by atoms with E-state index in [1.807, 2.05) is 0 Å². The molecule has 0 aromatic heterocycles. The Hall–Kier alpha value is -0.820. The maximum Gasteiger partial charge on any atom is 0.322 e. The average molecular weight is 307 g/mol.